The highest BCUT2D eigenvalue weighted by molar-refractivity contribution is 6.32. The number of hydrogen-bond acceptors (Lipinski definition) is 6. The fourth-order valence-corrected chi connectivity index (χ4v) is 3.03. The summed E-state index contributed by atoms with van der Waals surface area (Å²) in [5.41, 5.74) is 1.18. The Morgan fingerprint density at radius 1 is 1.06 bits per heavy atom. The molecule has 0 aliphatic rings. The van der Waals surface area contributed by atoms with E-state index in [1.165, 1.54) is 18.7 Å². The van der Waals surface area contributed by atoms with E-state index < -0.39 is 11.9 Å². The predicted octanol–water partition coefficient (Wildman–Crippen LogP) is 3.76. The zero-order valence-electron chi connectivity index (χ0n) is 17.7. The molecule has 1 unspecified atom stereocenters. The molecule has 0 bridgehead atoms. The second kappa shape index (κ2) is 11.1. The molecule has 2 aromatic carbocycles. The summed E-state index contributed by atoms with van der Waals surface area (Å²) in [7, 11) is 1.57. The van der Waals surface area contributed by atoms with Gasteiger partial charge in [0.25, 0.3) is 5.91 Å². The first kappa shape index (κ1) is 23.0. The molecule has 3 aromatic rings. The van der Waals surface area contributed by atoms with Crippen LogP contribution >= 0.6 is 11.6 Å². The third kappa shape index (κ3) is 6.18. The summed E-state index contributed by atoms with van der Waals surface area (Å²) >= 11 is 6.20. The van der Waals surface area contributed by atoms with Crippen molar-refractivity contribution in [3.05, 3.63) is 77.3 Å². The first-order valence-corrected chi connectivity index (χ1v) is 10.3. The SMILES string of the molecule is CCC(NC(=O)c1cncnc1)C(=O)NCc1ccc(Oc2ccc(OC)cc2Cl)cc1. The van der Waals surface area contributed by atoms with Crippen LogP contribution in [0.1, 0.15) is 29.3 Å². The van der Waals surface area contributed by atoms with Crippen LogP contribution < -0.4 is 20.1 Å². The Kier molecular flexibility index (Phi) is 7.99. The van der Waals surface area contributed by atoms with Crippen LogP contribution in [0.4, 0.5) is 0 Å². The topological polar surface area (TPSA) is 102 Å². The maximum absolute atomic E-state index is 12.5. The maximum atomic E-state index is 12.5. The molecule has 1 atom stereocenters. The van der Waals surface area contributed by atoms with E-state index in [9.17, 15) is 9.59 Å². The molecule has 0 saturated heterocycles. The molecule has 0 radical (unpaired) electrons. The number of carbonyl (C=O) groups excluding carboxylic acids is 2. The first-order chi connectivity index (χ1) is 15.5. The van der Waals surface area contributed by atoms with E-state index in [0.29, 0.717) is 40.8 Å². The van der Waals surface area contributed by atoms with Crippen molar-refractivity contribution in [2.24, 2.45) is 0 Å². The number of nitrogens with one attached hydrogen (secondary N) is 2. The minimum Gasteiger partial charge on any atom is -0.497 e. The number of benzene rings is 2. The van der Waals surface area contributed by atoms with Crippen LogP contribution in [0.15, 0.2) is 61.2 Å². The van der Waals surface area contributed by atoms with Gasteiger partial charge in [-0.3, -0.25) is 9.59 Å². The molecule has 1 aromatic heterocycles. The van der Waals surface area contributed by atoms with E-state index in [0.717, 1.165) is 5.56 Å². The van der Waals surface area contributed by atoms with E-state index in [4.69, 9.17) is 21.1 Å². The normalized spacial score (nSPS) is 11.3. The number of rotatable bonds is 9. The summed E-state index contributed by atoms with van der Waals surface area (Å²) in [6, 6.07) is 11.8. The highest BCUT2D eigenvalue weighted by Crippen LogP contribution is 2.32. The Hall–Kier alpha value is -3.65. The highest BCUT2D eigenvalue weighted by atomic mass is 35.5. The number of carbonyl (C=O) groups is 2. The molecule has 1 heterocycles. The smallest absolute Gasteiger partial charge is 0.255 e. The molecule has 8 nitrogen and oxygen atoms in total. The zero-order valence-corrected chi connectivity index (χ0v) is 18.4. The first-order valence-electron chi connectivity index (χ1n) is 9.94. The van der Waals surface area contributed by atoms with E-state index in [1.54, 1.807) is 37.4 Å². The van der Waals surface area contributed by atoms with Crippen LogP contribution in [0, 0.1) is 0 Å². The van der Waals surface area contributed by atoms with Gasteiger partial charge >= 0.3 is 0 Å². The van der Waals surface area contributed by atoms with Gasteiger partial charge in [0.05, 0.1) is 17.7 Å². The molecule has 0 fully saturated rings. The average molecular weight is 455 g/mol. The largest absolute Gasteiger partial charge is 0.497 e. The lowest BCUT2D eigenvalue weighted by molar-refractivity contribution is -0.123. The molecule has 2 N–H and O–H groups in total. The van der Waals surface area contributed by atoms with Crippen molar-refractivity contribution in [3.63, 3.8) is 0 Å². The van der Waals surface area contributed by atoms with Crippen molar-refractivity contribution in [2.75, 3.05) is 7.11 Å². The summed E-state index contributed by atoms with van der Waals surface area (Å²) in [5.74, 6) is 1.09. The fourth-order valence-electron chi connectivity index (χ4n) is 2.82. The molecule has 32 heavy (non-hydrogen) atoms. The Balaban J connectivity index is 1.53. The van der Waals surface area contributed by atoms with Crippen molar-refractivity contribution in [3.8, 4) is 17.2 Å². The van der Waals surface area contributed by atoms with Crippen molar-refractivity contribution >= 4 is 23.4 Å². The van der Waals surface area contributed by atoms with Crippen molar-refractivity contribution in [1.82, 2.24) is 20.6 Å². The van der Waals surface area contributed by atoms with E-state index in [2.05, 4.69) is 20.6 Å². The average Bonchev–Trinajstić information content (AvgIpc) is 2.83. The van der Waals surface area contributed by atoms with E-state index >= 15 is 0 Å². The van der Waals surface area contributed by atoms with Crippen LogP contribution in [0.3, 0.4) is 0 Å². The number of halogens is 1. The molecule has 3 rings (SSSR count). The summed E-state index contributed by atoms with van der Waals surface area (Å²) in [6.45, 7) is 2.13. The molecule has 2 amide bonds. The summed E-state index contributed by atoms with van der Waals surface area (Å²) in [6.07, 6.45) is 4.58. The van der Waals surface area contributed by atoms with Gasteiger partial charge in [-0.2, -0.15) is 0 Å². The molecule has 166 valence electrons. The number of methoxy groups -OCH3 is 1. The van der Waals surface area contributed by atoms with Crippen LogP contribution in [0.25, 0.3) is 0 Å². The van der Waals surface area contributed by atoms with Crippen LogP contribution in [-0.4, -0.2) is 34.9 Å². The number of hydrogen-bond donors (Lipinski definition) is 2. The fraction of sp³-hybridized carbons (Fsp3) is 0.217. The second-order valence-corrected chi connectivity index (χ2v) is 7.23. The summed E-state index contributed by atoms with van der Waals surface area (Å²) in [5, 5.41) is 5.97. The third-order valence-corrected chi connectivity index (χ3v) is 4.91. The lowest BCUT2D eigenvalue weighted by Gasteiger charge is -2.17. The van der Waals surface area contributed by atoms with Gasteiger partial charge in [-0.15, -0.1) is 0 Å². The highest BCUT2D eigenvalue weighted by Gasteiger charge is 2.19. The monoisotopic (exact) mass is 454 g/mol. The quantitative estimate of drug-likeness (QED) is 0.510. The molecular weight excluding hydrogens is 432 g/mol. The number of nitrogens with zero attached hydrogens (tertiary/aromatic N) is 2. The van der Waals surface area contributed by atoms with Gasteiger partial charge in [0.1, 0.15) is 29.6 Å². The Labute approximate surface area is 190 Å². The van der Waals surface area contributed by atoms with Gasteiger partial charge in [-0.25, -0.2) is 9.97 Å². The number of ether oxygens (including phenoxy) is 2. The number of amides is 2. The zero-order chi connectivity index (χ0) is 22.9. The van der Waals surface area contributed by atoms with Gasteiger partial charge in [0, 0.05) is 25.0 Å². The molecular formula is C23H23ClN4O4. The van der Waals surface area contributed by atoms with Crippen molar-refractivity contribution in [1.29, 1.82) is 0 Å². The molecule has 9 heteroatoms. The number of aromatic nitrogens is 2. The summed E-state index contributed by atoms with van der Waals surface area (Å²) < 4.78 is 10.9. The maximum Gasteiger partial charge on any atom is 0.255 e. The van der Waals surface area contributed by atoms with E-state index in [-0.39, 0.29) is 5.91 Å². The van der Waals surface area contributed by atoms with Crippen molar-refractivity contribution in [2.45, 2.75) is 25.9 Å². The van der Waals surface area contributed by atoms with Gasteiger partial charge in [0.15, 0.2) is 0 Å². The Morgan fingerprint density at radius 2 is 1.75 bits per heavy atom. The third-order valence-electron chi connectivity index (χ3n) is 4.61. The molecule has 0 spiro atoms. The van der Waals surface area contributed by atoms with Crippen LogP contribution in [0.5, 0.6) is 17.2 Å². The van der Waals surface area contributed by atoms with E-state index in [1.807, 2.05) is 19.1 Å². The lowest BCUT2D eigenvalue weighted by atomic mass is 10.1. The molecule has 0 saturated carbocycles. The Morgan fingerprint density at radius 3 is 2.38 bits per heavy atom. The lowest BCUT2D eigenvalue weighted by Crippen LogP contribution is -2.46. The minimum atomic E-state index is -0.664. The van der Waals surface area contributed by atoms with Crippen LogP contribution in [-0.2, 0) is 11.3 Å². The summed E-state index contributed by atoms with van der Waals surface area (Å²) in [4.78, 5) is 32.4. The predicted molar refractivity (Wildman–Crippen MR) is 120 cm³/mol. The van der Waals surface area contributed by atoms with Gasteiger partial charge in [-0.1, -0.05) is 30.7 Å². The molecule has 0 aliphatic carbocycles. The standard InChI is InChI=1S/C23H23ClN4O4/c1-3-20(28-22(29)16-12-25-14-26-13-16)23(30)27-11-15-4-6-17(7-5-15)32-21-9-8-18(31-2)10-19(21)24/h4-10,12-14,20H,3,11H2,1-2H3,(H,27,30)(H,28,29). The van der Waals surface area contributed by atoms with Gasteiger partial charge in [-0.05, 0) is 36.2 Å². The second-order valence-electron chi connectivity index (χ2n) is 6.82. The van der Waals surface area contributed by atoms with Crippen molar-refractivity contribution < 1.29 is 19.1 Å². The van der Waals surface area contributed by atoms with Gasteiger partial charge < -0.3 is 20.1 Å². The Bertz CT molecular complexity index is 1060. The van der Waals surface area contributed by atoms with Gasteiger partial charge in [0.2, 0.25) is 5.91 Å². The molecule has 0 aliphatic heterocycles. The minimum absolute atomic E-state index is 0.275. The van der Waals surface area contributed by atoms with Crippen LogP contribution in [0.2, 0.25) is 5.02 Å².